The number of aryl methyl sites for hydroxylation is 1. The number of ether oxygens (including phenoxy) is 2. The van der Waals surface area contributed by atoms with Crippen LogP contribution in [0.25, 0.3) is 21.9 Å². The molecule has 0 spiro atoms. The third-order valence-electron chi connectivity index (χ3n) is 10.7. The van der Waals surface area contributed by atoms with Gasteiger partial charge in [-0.1, -0.05) is 41.5 Å². The fourth-order valence-corrected chi connectivity index (χ4v) is 7.91. The van der Waals surface area contributed by atoms with E-state index in [1.54, 1.807) is 0 Å². The van der Waals surface area contributed by atoms with E-state index in [-0.39, 0.29) is 39.2 Å². The van der Waals surface area contributed by atoms with E-state index in [0.29, 0.717) is 21.9 Å². The molecule has 0 unspecified atom stereocenters. The molecular weight excluding hydrogens is 544 g/mol. The minimum absolute atomic E-state index is 0.0371. The van der Waals surface area contributed by atoms with Crippen molar-refractivity contribution in [3.63, 3.8) is 0 Å². The summed E-state index contributed by atoms with van der Waals surface area (Å²) in [6.07, 6.45) is 2.92. The Balaban J connectivity index is 1.42. The van der Waals surface area contributed by atoms with Crippen LogP contribution in [0.4, 0.5) is 11.4 Å². The van der Waals surface area contributed by atoms with Gasteiger partial charge in [-0.15, -0.1) is 0 Å². The van der Waals surface area contributed by atoms with Crippen LogP contribution >= 0.6 is 0 Å². The van der Waals surface area contributed by atoms with Gasteiger partial charge in [0.15, 0.2) is 11.5 Å². The summed E-state index contributed by atoms with van der Waals surface area (Å²) >= 11 is 0. The SMILES string of the molecule is Cc1c2c(cc3c4c(c(=O)oc13)Oc1c(c(=O)oc3c5c6c(cc13)C(C)(C)CCN6CCC5(C)C)O4)C(C)(C)CCN2C. The predicted molar refractivity (Wildman–Crippen MR) is 168 cm³/mol. The van der Waals surface area contributed by atoms with E-state index < -0.39 is 11.3 Å². The van der Waals surface area contributed by atoms with Crippen molar-refractivity contribution in [2.75, 3.05) is 36.5 Å². The highest BCUT2D eigenvalue weighted by molar-refractivity contribution is 5.98. The molecule has 0 atom stereocenters. The monoisotopic (exact) mass is 582 g/mol. The molecule has 0 saturated heterocycles. The zero-order chi connectivity index (χ0) is 30.4. The molecule has 6 heterocycles. The van der Waals surface area contributed by atoms with Crippen LogP contribution < -0.4 is 30.5 Å². The fraction of sp³-hybridized carbons (Fsp3) is 0.486. The van der Waals surface area contributed by atoms with Crippen molar-refractivity contribution in [3.05, 3.63) is 55.2 Å². The summed E-state index contributed by atoms with van der Waals surface area (Å²) in [5.41, 5.74) is 5.71. The van der Waals surface area contributed by atoms with Crippen LogP contribution in [0.3, 0.4) is 0 Å². The molecule has 224 valence electrons. The van der Waals surface area contributed by atoms with Gasteiger partial charge in [0.2, 0.25) is 0 Å². The highest BCUT2D eigenvalue weighted by Gasteiger charge is 2.44. The normalized spacial score (nSPS) is 20.6. The summed E-state index contributed by atoms with van der Waals surface area (Å²) < 4.78 is 24.9. The molecule has 0 bridgehead atoms. The number of fused-ring (bicyclic) bond motifs is 8. The minimum Gasteiger partial charge on any atom is -0.441 e. The summed E-state index contributed by atoms with van der Waals surface area (Å²) in [5, 5.41) is 1.25. The zero-order valence-electron chi connectivity index (χ0n) is 26.2. The van der Waals surface area contributed by atoms with Gasteiger partial charge in [0, 0.05) is 49.2 Å². The first-order valence-electron chi connectivity index (χ1n) is 15.3. The second-order valence-corrected chi connectivity index (χ2v) is 14.9. The van der Waals surface area contributed by atoms with Crippen LogP contribution in [-0.2, 0) is 16.2 Å². The maximum atomic E-state index is 13.7. The molecule has 0 fully saturated rings. The lowest BCUT2D eigenvalue weighted by atomic mass is 9.69. The number of hydrogen-bond donors (Lipinski definition) is 0. The minimum atomic E-state index is -0.638. The van der Waals surface area contributed by atoms with Crippen molar-refractivity contribution in [2.45, 2.75) is 84.0 Å². The van der Waals surface area contributed by atoms with Crippen molar-refractivity contribution in [1.29, 1.82) is 0 Å². The summed E-state index contributed by atoms with van der Waals surface area (Å²) in [6.45, 7) is 18.2. The molecular formula is C35H38N2O6. The molecule has 0 saturated carbocycles. The Morgan fingerprint density at radius 3 is 1.74 bits per heavy atom. The molecule has 4 aromatic rings. The standard InChI is InChI=1S/C35H38N2O6/c1-17-23-20(33(2,3)9-12-36(23)8)15-18-25(17)42-31(38)29-27(18)40-30-28(41-29)19-16-21-24-22(26(19)43-32(30)39)35(6,7)11-14-37(24)13-10-34(21,4)5/h15-16H,9-14H2,1-8H3. The fourth-order valence-electron chi connectivity index (χ4n) is 7.91. The summed E-state index contributed by atoms with van der Waals surface area (Å²) in [6, 6.07) is 4.12. The van der Waals surface area contributed by atoms with E-state index in [4.69, 9.17) is 18.3 Å². The van der Waals surface area contributed by atoms with Gasteiger partial charge >= 0.3 is 11.3 Å². The van der Waals surface area contributed by atoms with Gasteiger partial charge in [0.1, 0.15) is 11.2 Å². The van der Waals surface area contributed by atoms with E-state index in [2.05, 4.69) is 64.5 Å². The van der Waals surface area contributed by atoms with Crippen molar-refractivity contribution in [2.24, 2.45) is 0 Å². The lowest BCUT2D eigenvalue weighted by Crippen LogP contribution is -2.44. The summed E-state index contributed by atoms with van der Waals surface area (Å²) in [4.78, 5) is 31.9. The Morgan fingerprint density at radius 1 is 0.651 bits per heavy atom. The quantitative estimate of drug-likeness (QED) is 0.175. The Labute approximate surface area is 250 Å². The number of hydrogen-bond acceptors (Lipinski definition) is 8. The number of benzene rings is 2. The first kappa shape index (κ1) is 26.7. The topological polar surface area (TPSA) is 85.4 Å². The molecule has 2 aromatic heterocycles. The van der Waals surface area contributed by atoms with Crippen molar-refractivity contribution < 1.29 is 18.3 Å². The van der Waals surface area contributed by atoms with Gasteiger partial charge in [0.05, 0.1) is 10.8 Å². The van der Waals surface area contributed by atoms with Crippen LogP contribution in [0.15, 0.2) is 30.6 Å². The lowest BCUT2D eigenvalue weighted by molar-refractivity contribution is 0.328. The van der Waals surface area contributed by atoms with E-state index in [9.17, 15) is 9.59 Å². The van der Waals surface area contributed by atoms with E-state index >= 15 is 0 Å². The lowest BCUT2D eigenvalue weighted by Gasteiger charge is -2.48. The van der Waals surface area contributed by atoms with E-state index in [1.165, 1.54) is 11.3 Å². The number of anilines is 2. The molecule has 4 aliphatic heterocycles. The van der Waals surface area contributed by atoms with Crippen LogP contribution in [0.2, 0.25) is 0 Å². The average molecular weight is 583 g/mol. The van der Waals surface area contributed by atoms with Gasteiger partial charge in [-0.3, -0.25) is 0 Å². The second kappa shape index (κ2) is 8.16. The van der Waals surface area contributed by atoms with E-state index in [0.717, 1.165) is 61.3 Å². The third-order valence-corrected chi connectivity index (χ3v) is 10.7. The third kappa shape index (κ3) is 3.43. The molecule has 8 nitrogen and oxygen atoms in total. The smallest absolute Gasteiger partial charge is 0.383 e. The summed E-state index contributed by atoms with van der Waals surface area (Å²) in [7, 11) is 2.06. The first-order valence-corrected chi connectivity index (χ1v) is 15.3. The highest BCUT2D eigenvalue weighted by atomic mass is 16.6. The van der Waals surface area contributed by atoms with Crippen LogP contribution in [0, 0.1) is 6.92 Å². The molecule has 2 aromatic carbocycles. The Morgan fingerprint density at radius 2 is 1.14 bits per heavy atom. The van der Waals surface area contributed by atoms with Crippen LogP contribution in [-0.4, -0.2) is 26.7 Å². The van der Waals surface area contributed by atoms with Crippen molar-refractivity contribution >= 4 is 33.3 Å². The molecule has 0 aliphatic carbocycles. The molecule has 0 N–H and O–H groups in total. The molecule has 43 heavy (non-hydrogen) atoms. The van der Waals surface area contributed by atoms with Crippen molar-refractivity contribution in [3.8, 4) is 23.0 Å². The number of nitrogens with zero attached hydrogens (tertiary/aromatic N) is 2. The van der Waals surface area contributed by atoms with Gasteiger partial charge < -0.3 is 28.1 Å². The van der Waals surface area contributed by atoms with Gasteiger partial charge in [-0.2, -0.15) is 0 Å². The van der Waals surface area contributed by atoms with Gasteiger partial charge in [0.25, 0.3) is 11.5 Å². The molecule has 8 heteroatoms. The van der Waals surface area contributed by atoms with Crippen LogP contribution in [0.5, 0.6) is 23.0 Å². The van der Waals surface area contributed by atoms with Crippen LogP contribution in [0.1, 0.15) is 83.1 Å². The Kier molecular flexibility index (Phi) is 5.06. The molecule has 8 rings (SSSR count). The van der Waals surface area contributed by atoms with Crippen molar-refractivity contribution in [1.82, 2.24) is 0 Å². The van der Waals surface area contributed by atoms with E-state index in [1.807, 2.05) is 13.0 Å². The zero-order valence-corrected chi connectivity index (χ0v) is 26.2. The maximum Gasteiger partial charge on any atom is 0.383 e. The molecule has 4 aliphatic rings. The van der Waals surface area contributed by atoms with Gasteiger partial charge in [-0.05, 0) is 65.7 Å². The Bertz CT molecular complexity index is 2040. The highest BCUT2D eigenvalue weighted by Crippen LogP contribution is 2.56. The summed E-state index contributed by atoms with van der Waals surface area (Å²) in [5.74, 6) is 0.338. The average Bonchev–Trinajstić information content (AvgIpc) is 2.94. The first-order chi connectivity index (χ1) is 20.2. The van der Waals surface area contributed by atoms with Gasteiger partial charge in [-0.25, -0.2) is 9.59 Å². The number of rotatable bonds is 0. The maximum absolute atomic E-state index is 13.7. The Hall–Kier alpha value is -3.94. The molecule has 0 amide bonds. The molecule has 0 radical (unpaired) electrons. The largest absolute Gasteiger partial charge is 0.441 e. The second-order valence-electron chi connectivity index (χ2n) is 14.9. The predicted octanol–water partition coefficient (Wildman–Crippen LogP) is 7.39.